The summed E-state index contributed by atoms with van der Waals surface area (Å²) in [7, 11) is 2.01. The summed E-state index contributed by atoms with van der Waals surface area (Å²) in [5, 5.41) is 13.2. The molecule has 7 nitrogen and oxygen atoms in total. The molecule has 3 heterocycles. The Kier molecular flexibility index (Phi) is 4.50. The van der Waals surface area contributed by atoms with Gasteiger partial charge >= 0.3 is 0 Å². The van der Waals surface area contributed by atoms with Crippen molar-refractivity contribution in [2.45, 2.75) is 31.8 Å². The van der Waals surface area contributed by atoms with Crippen LogP contribution in [0.1, 0.15) is 42.6 Å². The number of hydrogen-bond acceptors (Lipinski definition) is 6. The molecule has 0 aliphatic carbocycles. The average molecular weight is 348 g/mol. The topological polar surface area (TPSA) is 83.8 Å². The van der Waals surface area contributed by atoms with E-state index in [9.17, 15) is 0 Å². The van der Waals surface area contributed by atoms with E-state index in [1.807, 2.05) is 36.1 Å². The van der Waals surface area contributed by atoms with Crippen LogP contribution in [0.15, 0.2) is 41.2 Å². The largest absolute Gasteiger partial charge is 0.337 e. The molecule has 0 radical (unpaired) electrons. The van der Waals surface area contributed by atoms with E-state index in [2.05, 4.69) is 26.1 Å². The Bertz CT molecular complexity index is 937. The maximum atomic E-state index is 9.07. The summed E-state index contributed by atoms with van der Waals surface area (Å²) in [5.74, 6) is 2.19. The third kappa shape index (κ3) is 3.24. The van der Waals surface area contributed by atoms with Crippen molar-refractivity contribution in [3.8, 4) is 17.5 Å². The van der Waals surface area contributed by atoms with E-state index in [0.717, 1.165) is 43.7 Å². The highest BCUT2D eigenvalue weighted by Gasteiger charge is 2.29. The first-order valence-electron chi connectivity index (χ1n) is 8.79. The van der Waals surface area contributed by atoms with Crippen molar-refractivity contribution in [1.29, 1.82) is 5.26 Å². The third-order valence-corrected chi connectivity index (χ3v) is 4.86. The smallest absolute Gasteiger partial charge is 0.244 e. The van der Waals surface area contributed by atoms with Crippen LogP contribution >= 0.6 is 0 Å². The van der Waals surface area contributed by atoms with E-state index in [1.54, 1.807) is 12.1 Å². The molecule has 0 saturated carbocycles. The fourth-order valence-electron chi connectivity index (χ4n) is 3.41. The molecule has 1 aliphatic heterocycles. The number of nitrogens with zero attached hydrogens (tertiary/aromatic N) is 6. The minimum Gasteiger partial charge on any atom is -0.337 e. The molecule has 1 atom stereocenters. The van der Waals surface area contributed by atoms with E-state index in [4.69, 9.17) is 9.78 Å². The molecule has 0 amide bonds. The number of hydrogen-bond donors (Lipinski definition) is 0. The lowest BCUT2D eigenvalue weighted by Gasteiger charge is -2.32. The number of rotatable bonds is 4. The first-order chi connectivity index (χ1) is 12.7. The van der Waals surface area contributed by atoms with Crippen molar-refractivity contribution >= 4 is 0 Å². The maximum absolute atomic E-state index is 9.07. The zero-order valence-corrected chi connectivity index (χ0v) is 14.7. The highest BCUT2D eigenvalue weighted by atomic mass is 16.5. The molecular formula is C19H20N6O. The van der Waals surface area contributed by atoms with Crippen LogP contribution in [0, 0.1) is 11.3 Å². The summed E-state index contributed by atoms with van der Waals surface area (Å²) in [5.41, 5.74) is 1.38. The van der Waals surface area contributed by atoms with E-state index < -0.39 is 0 Å². The van der Waals surface area contributed by atoms with Gasteiger partial charge in [0, 0.05) is 25.0 Å². The Labute approximate surface area is 151 Å². The Hall–Kier alpha value is -2.98. The van der Waals surface area contributed by atoms with Gasteiger partial charge in [-0.05, 0) is 31.5 Å². The third-order valence-electron chi connectivity index (χ3n) is 4.86. The lowest BCUT2D eigenvalue weighted by Crippen LogP contribution is -2.34. The molecule has 1 saturated heterocycles. The average Bonchev–Trinajstić information content (AvgIpc) is 3.32. The van der Waals surface area contributed by atoms with Gasteiger partial charge in [0.25, 0.3) is 0 Å². The van der Waals surface area contributed by atoms with Crippen LogP contribution in [-0.2, 0) is 13.6 Å². The lowest BCUT2D eigenvalue weighted by atomic mass is 10.0. The maximum Gasteiger partial charge on any atom is 0.244 e. The SMILES string of the molecule is Cn1ccnc1CN1CCCC[C@@H]1c1nc(-c2cccc(C#N)c2)no1. The summed E-state index contributed by atoms with van der Waals surface area (Å²) in [6, 6.07) is 9.50. The molecule has 0 N–H and O–H groups in total. The summed E-state index contributed by atoms with van der Waals surface area (Å²) >= 11 is 0. The van der Waals surface area contributed by atoms with Gasteiger partial charge in [-0.1, -0.05) is 23.7 Å². The molecule has 4 rings (SSSR count). The number of likely N-dealkylation sites (tertiary alicyclic amines) is 1. The van der Waals surface area contributed by atoms with Crippen molar-refractivity contribution in [2.75, 3.05) is 6.54 Å². The van der Waals surface area contributed by atoms with Crippen molar-refractivity contribution in [2.24, 2.45) is 7.05 Å². The minimum absolute atomic E-state index is 0.0980. The van der Waals surface area contributed by atoms with Gasteiger partial charge in [0.2, 0.25) is 11.7 Å². The van der Waals surface area contributed by atoms with Crippen molar-refractivity contribution in [3.05, 3.63) is 53.9 Å². The molecule has 1 aliphatic rings. The summed E-state index contributed by atoms with van der Waals surface area (Å²) < 4.78 is 7.64. The predicted octanol–water partition coefficient (Wildman–Crippen LogP) is 3.07. The van der Waals surface area contributed by atoms with E-state index in [0.29, 0.717) is 17.3 Å². The molecule has 3 aromatic rings. The Morgan fingerprint density at radius 2 is 2.27 bits per heavy atom. The summed E-state index contributed by atoms with van der Waals surface area (Å²) in [6.45, 7) is 1.74. The van der Waals surface area contributed by atoms with Gasteiger partial charge in [0.15, 0.2) is 0 Å². The Balaban J connectivity index is 1.58. The minimum atomic E-state index is 0.0980. The van der Waals surface area contributed by atoms with Gasteiger partial charge in [-0.2, -0.15) is 10.2 Å². The number of piperidine rings is 1. The molecular weight excluding hydrogens is 328 g/mol. The zero-order valence-electron chi connectivity index (χ0n) is 14.7. The van der Waals surface area contributed by atoms with Gasteiger partial charge in [-0.25, -0.2) is 4.98 Å². The molecule has 132 valence electrons. The number of aromatic nitrogens is 4. The fraction of sp³-hybridized carbons (Fsp3) is 0.368. The van der Waals surface area contributed by atoms with Crippen LogP contribution in [0.25, 0.3) is 11.4 Å². The molecule has 2 aromatic heterocycles. The van der Waals surface area contributed by atoms with E-state index in [-0.39, 0.29) is 6.04 Å². The fourth-order valence-corrected chi connectivity index (χ4v) is 3.41. The van der Waals surface area contributed by atoms with Crippen LogP contribution in [0.2, 0.25) is 0 Å². The van der Waals surface area contributed by atoms with Crippen LogP contribution in [-0.4, -0.2) is 31.1 Å². The second-order valence-electron chi connectivity index (χ2n) is 6.59. The predicted molar refractivity (Wildman–Crippen MR) is 94.7 cm³/mol. The van der Waals surface area contributed by atoms with Gasteiger partial charge in [0.1, 0.15) is 5.82 Å². The normalized spacial score (nSPS) is 17.9. The zero-order chi connectivity index (χ0) is 17.9. The first kappa shape index (κ1) is 16.5. The quantitative estimate of drug-likeness (QED) is 0.720. The van der Waals surface area contributed by atoms with Crippen molar-refractivity contribution < 1.29 is 4.52 Å². The van der Waals surface area contributed by atoms with E-state index in [1.165, 1.54) is 0 Å². The second-order valence-corrected chi connectivity index (χ2v) is 6.59. The number of benzene rings is 1. The molecule has 26 heavy (non-hydrogen) atoms. The highest BCUT2D eigenvalue weighted by molar-refractivity contribution is 5.57. The van der Waals surface area contributed by atoms with Gasteiger partial charge in [0.05, 0.1) is 24.2 Å². The molecule has 1 aromatic carbocycles. The number of aryl methyl sites for hydroxylation is 1. The van der Waals surface area contributed by atoms with Crippen LogP contribution in [0.5, 0.6) is 0 Å². The van der Waals surface area contributed by atoms with Gasteiger partial charge in [-0.3, -0.25) is 4.90 Å². The summed E-state index contributed by atoms with van der Waals surface area (Å²) in [6.07, 6.45) is 7.07. The Morgan fingerprint density at radius 1 is 1.35 bits per heavy atom. The second kappa shape index (κ2) is 7.10. The van der Waals surface area contributed by atoms with Crippen molar-refractivity contribution in [3.63, 3.8) is 0 Å². The van der Waals surface area contributed by atoms with Gasteiger partial charge < -0.3 is 9.09 Å². The molecule has 1 fully saturated rings. The highest BCUT2D eigenvalue weighted by Crippen LogP contribution is 2.32. The van der Waals surface area contributed by atoms with E-state index >= 15 is 0 Å². The summed E-state index contributed by atoms with van der Waals surface area (Å²) in [4.78, 5) is 11.4. The molecule has 0 bridgehead atoms. The van der Waals surface area contributed by atoms with Crippen LogP contribution in [0.3, 0.4) is 0 Å². The first-order valence-corrected chi connectivity index (χ1v) is 8.79. The van der Waals surface area contributed by atoms with Gasteiger partial charge in [-0.15, -0.1) is 0 Å². The van der Waals surface area contributed by atoms with Crippen LogP contribution < -0.4 is 0 Å². The van der Waals surface area contributed by atoms with Crippen molar-refractivity contribution in [1.82, 2.24) is 24.6 Å². The number of imidazole rings is 1. The molecule has 7 heteroatoms. The molecule has 0 unspecified atom stereocenters. The lowest BCUT2D eigenvalue weighted by molar-refractivity contribution is 0.107. The number of nitriles is 1. The standard InChI is InChI=1S/C19H20N6O/c1-24-10-8-21-17(24)13-25-9-3-2-7-16(25)19-22-18(23-26-19)15-6-4-5-14(11-15)12-20/h4-6,8,10-11,16H,2-3,7,9,13H2,1H3/t16-/m1/s1. The van der Waals surface area contributed by atoms with Crippen LogP contribution in [0.4, 0.5) is 0 Å². The Morgan fingerprint density at radius 3 is 3.08 bits per heavy atom. The monoisotopic (exact) mass is 348 g/mol. The molecule has 0 spiro atoms.